The number of hydrogen-bond donors (Lipinski definition) is 3. The molecule has 6 heteroatoms. The van der Waals surface area contributed by atoms with Crippen LogP contribution in [0.15, 0.2) is 29.4 Å². The molecular weight excluding hydrogens is 305 g/mol. The van der Waals surface area contributed by atoms with Gasteiger partial charge in [-0.15, -0.1) is 0 Å². The Balaban J connectivity index is 1.83. The summed E-state index contributed by atoms with van der Waals surface area (Å²) in [4.78, 5) is 4.52. The molecule has 0 bridgehead atoms. The van der Waals surface area contributed by atoms with Crippen LogP contribution in [0.1, 0.15) is 35.7 Å². The Morgan fingerprint density at radius 1 is 1.29 bits per heavy atom. The molecule has 24 heavy (non-hydrogen) atoms. The lowest BCUT2D eigenvalue weighted by molar-refractivity contribution is 0.616. The number of aryl methyl sites for hydroxylation is 3. The average molecular weight is 331 g/mol. The van der Waals surface area contributed by atoms with Gasteiger partial charge in [-0.1, -0.05) is 12.1 Å². The molecule has 1 aromatic heterocycles. The summed E-state index contributed by atoms with van der Waals surface area (Å²) in [5, 5.41) is 13.5. The number of guanidine groups is 1. The van der Waals surface area contributed by atoms with Crippen LogP contribution in [-0.2, 0) is 13.0 Å². The highest BCUT2D eigenvalue weighted by atomic mass is 19.1. The van der Waals surface area contributed by atoms with Gasteiger partial charge in [0.05, 0.1) is 12.7 Å². The van der Waals surface area contributed by atoms with Gasteiger partial charge in [-0.25, -0.2) is 9.38 Å². The molecule has 0 unspecified atom stereocenters. The van der Waals surface area contributed by atoms with Gasteiger partial charge < -0.3 is 10.6 Å². The van der Waals surface area contributed by atoms with Crippen LogP contribution in [0.4, 0.5) is 4.39 Å². The molecule has 0 radical (unpaired) electrons. The average Bonchev–Trinajstić information content (AvgIpc) is 2.97. The number of hydrogen-bond acceptors (Lipinski definition) is 2. The van der Waals surface area contributed by atoms with Crippen LogP contribution in [-0.4, -0.2) is 29.2 Å². The Morgan fingerprint density at radius 2 is 2.12 bits per heavy atom. The van der Waals surface area contributed by atoms with Gasteiger partial charge in [0.1, 0.15) is 5.82 Å². The minimum Gasteiger partial charge on any atom is -0.357 e. The van der Waals surface area contributed by atoms with E-state index in [0.717, 1.165) is 43.1 Å². The predicted octanol–water partition coefficient (Wildman–Crippen LogP) is 2.85. The quantitative estimate of drug-likeness (QED) is 0.415. The molecular formula is C18H26FN5. The number of nitrogens with one attached hydrogen (secondary N) is 3. The summed E-state index contributed by atoms with van der Waals surface area (Å²) in [6.07, 6.45) is 3.84. The molecule has 0 amide bonds. The molecule has 1 aromatic carbocycles. The summed E-state index contributed by atoms with van der Waals surface area (Å²) < 4.78 is 13.6. The lowest BCUT2D eigenvalue weighted by Gasteiger charge is -2.11. The van der Waals surface area contributed by atoms with E-state index in [4.69, 9.17) is 0 Å². The Kier molecular flexibility index (Phi) is 6.78. The largest absolute Gasteiger partial charge is 0.357 e. The molecule has 0 saturated heterocycles. The first kappa shape index (κ1) is 18.0. The van der Waals surface area contributed by atoms with Crippen molar-refractivity contribution < 1.29 is 4.39 Å². The topological polar surface area (TPSA) is 65.1 Å². The van der Waals surface area contributed by atoms with E-state index in [1.54, 1.807) is 19.1 Å². The second-order valence-corrected chi connectivity index (χ2v) is 5.83. The van der Waals surface area contributed by atoms with Gasteiger partial charge in [-0.2, -0.15) is 5.10 Å². The van der Waals surface area contributed by atoms with Crippen molar-refractivity contribution >= 4 is 5.96 Å². The van der Waals surface area contributed by atoms with Crippen molar-refractivity contribution in [3.8, 4) is 0 Å². The number of H-pyrrole nitrogens is 1. The molecule has 0 aliphatic heterocycles. The molecule has 5 nitrogen and oxygen atoms in total. The van der Waals surface area contributed by atoms with Crippen molar-refractivity contribution in [2.24, 2.45) is 4.99 Å². The monoisotopic (exact) mass is 331 g/mol. The molecule has 0 saturated carbocycles. The van der Waals surface area contributed by atoms with Gasteiger partial charge in [-0.3, -0.25) is 5.10 Å². The fourth-order valence-corrected chi connectivity index (χ4v) is 2.36. The molecule has 0 fully saturated rings. The Morgan fingerprint density at radius 3 is 2.79 bits per heavy atom. The third kappa shape index (κ3) is 5.37. The van der Waals surface area contributed by atoms with Crippen LogP contribution >= 0.6 is 0 Å². The van der Waals surface area contributed by atoms with Crippen molar-refractivity contribution in [3.63, 3.8) is 0 Å². The second-order valence-electron chi connectivity index (χ2n) is 5.83. The van der Waals surface area contributed by atoms with Gasteiger partial charge >= 0.3 is 0 Å². The normalized spacial score (nSPS) is 11.6. The number of aliphatic imine (C=N–C) groups is 1. The van der Waals surface area contributed by atoms with E-state index >= 15 is 0 Å². The third-order valence-electron chi connectivity index (χ3n) is 3.85. The molecule has 0 spiro atoms. The Labute approximate surface area is 142 Å². The van der Waals surface area contributed by atoms with Crippen molar-refractivity contribution in [1.29, 1.82) is 0 Å². The van der Waals surface area contributed by atoms with E-state index in [2.05, 4.69) is 25.8 Å². The predicted molar refractivity (Wildman–Crippen MR) is 95.6 cm³/mol. The number of aromatic nitrogens is 2. The van der Waals surface area contributed by atoms with E-state index in [1.165, 1.54) is 5.56 Å². The summed E-state index contributed by atoms with van der Waals surface area (Å²) in [5.74, 6) is 0.568. The van der Waals surface area contributed by atoms with Crippen molar-refractivity contribution in [2.45, 2.75) is 40.2 Å². The molecule has 1 heterocycles. The van der Waals surface area contributed by atoms with Gasteiger partial charge in [0.25, 0.3) is 0 Å². The molecule has 0 aliphatic carbocycles. The van der Waals surface area contributed by atoms with Crippen LogP contribution in [0.2, 0.25) is 0 Å². The number of halogens is 1. The maximum atomic E-state index is 13.6. The van der Waals surface area contributed by atoms with Gasteiger partial charge in [0.15, 0.2) is 5.96 Å². The molecule has 2 rings (SSSR count). The summed E-state index contributed by atoms with van der Waals surface area (Å²) in [7, 11) is 0. The Hall–Kier alpha value is -2.37. The molecule has 0 aliphatic rings. The first-order valence-corrected chi connectivity index (χ1v) is 8.36. The second kappa shape index (κ2) is 9.05. The summed E-state index contributed by atoms with van der Waals surface area (Å²) >= 11 is 0. The molecule has 2 aromatic rings. The smallest absolute Gasteiger partial charge is 0.191 e. The number of nitrogens with zero attached hydrogens (tertiary/aromatic N) is 2. The number of rotatable bonds is 7. The summed E-state index contributed by atoms with van der Waals surface area (Å²) in [6.45, 7) is 7.87. The van der Waals surface area contributed by atoms with E-state index in [-0.39, 0.29) is 5.82 Å². The standard InChI is InChI=1S/C18H26FN5/c1-4-20-18(21-9-5-6-16-12-23-24-14(16)3)22-11-15-8-7-13(2)17(19)10-15/h7-8,10,12H,4-6,9,11H2,1-3H3,(H,23,24)(H2,20,21,22). The van der Waals surface area contributed by atoms with Crippen molar-refractivity contribution in [1.82, 2.24) is 20.8 Å². The van der Waals surface area contributed by atoms with Crippen LogP contribution in [0.25, 0.3) is 0 Å². The highest BCUT2D eigenvalue weighted by Gasteiger charge is 2.02. The van der Waals surface area contributed by atoms with Crippen LogP contribution < -0.4 is 10.6 Å². The van der Waals surface area contributed by atoms with Crippen LogP contribution in [0, 0.1) is 19.7 Å². The van der Waals surface area contributed by atoms with E-state index in [9.17, 15) is 4.39 Å². The molecule has 0 atom stereocenters. The van der Waals surface area contributed by atoms with E-state index < -0.39 is 0 Å². The zero-order chi connectivity index (χ0) is 17.4. The van der Waals surface area contributed by atoms with E-state index in [1.807, 2.05) is 26.1 Å². The SMILES string of the molecule is CCNC(=NCc1ccc(C)c(F)c1)NCCCc1cn[nH]c1C. The molecule has 3 N–H and O–H groups in total. The minimum absolute atomic E-state index is 0.184. The third-order valence-corrected chi connectivity index (χ3v) is 3.85. The fraction of sp³-hybridized carbons (Fsp3) is 0.444. The maximum Gasteiger partial charge on any atom is 0.191 e. The number of benzene rings is 1. The summed E-state index contributed by atoms with van der Waals surface area (Å²) in [6, 6.07) is 5.24. The first-order chi connectivity index (χ1) is 11.6. The van der Waals surface area contributed by atoms with Gasteiger partial charge in [-0.05, 0) is 56.4 Å². The van der Waals surface area contributed by atoms with Crippen LogP contribution in [0.5, 0.6) is 0 Å². The molecule has 130 valence electrons. The highest BCUT2D eigenvalue weighted by molar-refractivity contribution is 5.79. The summed E-state index contributed by atoms with van der Waals surface area (Å²) in [5.41, 5.74) is 3.89. The van der Waals surface area contributed by atoms with Crippen LogP contribution in [0.3, 0.4) is 0 Å². The lowest BCUT2D eigenvalue weighted by atomic mass is 10.1. The minimum atomic E-state index is -0.184. The number of aromatic amines is 1. The highest BCUT2D eigenvalue weighted by Crippen LogP contribution is 2.10. The van der Waals surface area contributed by atoms with Gasteiger partial charge in [0, 0.05) is 18.8 Å². The maximum absolute atomic E-state index is 13.6. The zero-order valence-corrected chi connectivity index (χ0v) is 14.6. The first-order valence-electron chi connectivity index (χ1n) is 8.36. The van der Waals surface area contributed by atoms with Crippen molar-refractivity contribution in [3.05, 3.63) is 52.6 Å². The Bertz CT molecular complexity index is 678. The zero-order valence-electron chi connectivity index (χ0n) is 14.6. The van der Waals surface area contributed by atoms with Crippen molar-refractivity contribution in [2.75, 3.05) is 13.1 Å². The van der Waals surface area contributed by atoms with E-state index in [0.29, 0.717) is 12.1 Å². The lowest BCUT2D eigenvalue weighted by Crippen LogP contribution is -2.37. The fourth-order valence-electron chi connectivity index (χ4n) is 2.36. The van der Waals surface area contributed by atoms with Gasteiger partial charge in [0.2, 0.25) is 0 Å².